The lowest BCUT2D eigenvalue weighted by Crippen LogP contribution is -2.43. The van der Waals surface area contributed by atoms with Crippen LogP contribution in [0.1, 0.15) is 31.4 Å². The van der Waals surface area contributed by atoms with E-state index >= 15 is 0 Å². The molecule has 10 heteroatoms. The second kappa shape index (κ2) is 14.1. The number of methoxy groups -OCH3 is 1. The molecule has 0 aliphatic carbocycles. The summed E-state index contributed by atoms with van der Waals surface area (Å²) in [6.07, 6.45) is 2.83. The molecule has 0 spiro atoms. The molecule has 1 heterocycles. The number of benzene rings is 2. The molecule has 0 fully saturated rings. The van der Waals surface area contributed by atoms with Gasteiger partial charge in [-0.05, 0) is 51.2 Å². The van der Waals surface area contributed by atoms with E-state index in [2.05, 4.69) is 20.4 Å². The molecule has 3 unspecified atom stereocenters. The van der Waals surface area contributed by atoms with Gasteiger partial charge in [0.15, 0.2) is 11.5 Å². The average molecular weight is 516 g/mol. The van der Waals surface area contributed by atoms with Crippen molar-refractivity contribution >= 4 is 17.7 Å². The summed E-state index contributed by atoms with van der Waals surface area (Å²) in [5.41, 5.74) is 7.75. The first kappa shape index (κ1) is 29.5. The van der Waals surface area contributed by atoms with Gasteiger partial charge in [0.1, 0.15) is 12.1 Å². The predicted octanol–water partition coefficient (Wildman–Crippen LogP) is 3.50. The highest BCUT2D eigenvalue weighted by Crippen LogP contribution is 2.52. The number of hydrogen-bond acceptors (Lipinski definition) is 9. The van der Waals surface area contributed by atoms with E-state index in [0.29, 0.717) is 23.6 Å². The normalized spacial score (nSPS) is 18.6. The van der Waals surface area contributed by atoms with Crippen molar-refractivity contribution in [3.63, 3.8) is 0 Å². The summed E-state index contributed by atoms with van der Waals surface area (Å²) in [6, 6.07) is 11.7. The monoisotopic (exact) mass is 515 g/mol. The van der Waals surface area contributed by atoms with Crippen LogP contribution >= 0.6 is 0 Å². The largest absolute Gasteiger partial charge is 0.493 e. The van der Waals surface area contributed by atoms with E-state index in [1.54, 1.807) is 25.3 Å². The van der Waals surface area contributed by atoms with Gasteiger partial charge in [-0.2, -0.15) is 4.89 Å². The van der Waals surface area contributed by atoms with Crippen molar-refractivity contribution in [1.29, 1.82) is 0 Å². The smallest absolute Gasteiger partial charge is 0.412 e. The molecule has 37 heavy (non-hydrogen) atoms. The van der Waals surface area contributed by atoms with Gasteiger partial charge < -0.3 is 30.6 Å². The third-order valence-electron chi connectivity index (χ3n) is 5.83. The second-order valence-corrected chi connectivity index (χ2v) is 8.52. The van der Waals surface area contributed by atoms with Crippen LogP contribution in [-0.4, -0.2) is 52.5 Å². The van der Waals surface area contributed by atoms with Crippen molar-refractivity contribution < 1.29 is 33.6 Å². The minimum atomic E-state index is -1.00. The molecule has 0 saturated heterocycles. The van der Waals surface area contributed by atoms with Crippen molar-refractivity contribution in [3.8, 4) is 11.5 Å². The van der Waals surface area contributed by atoms with Crippen LogP contribution in [0, 0.1) is 0 Å². The molecule has 0 aromatic heterocycles. The average Bonchev–Trinajstić information content (AvgIpc) is 3.18. The zero-order valence-electron chi connectivity index (χ0n) is 22.2. The first-order valence-electron chi connectivity index (χ1n) is 11.9. The Morgan fingerprint density at radius 2 is 1.84 bits per heavy atom. The van der Waals surface area contributed by atoms with Crippen LogP contribution in [0.4, 0.5) is 10.5 Å². The molecule has 10 nitrogen and oxygen atoms in total. The molecule has 1 aliphatic rings. The molecule has 3 rings (SSSR count). The number of amides is 1. The van der Waals surface area contributed by atoms with Crippen LogP contribution in [0.3, 0.4) is 0 Å². The number of carbonyl (C=O) groups is 2. The Balaban J connectivity index is 0.00000153. The molecular weight excluding hydrogens is 478 g/mol. The van der Waals surface area contributed by atoms with Crippen LogP contribution in [0.15, 0.2) is 54.8 Å². The van der Waals surface area contributed by atoms with Gasteiger partial charge >= 0.3 is 12.1 Å². The highest BCUT2D eigenvalue weighted by atomic mass is 17.2. The van der Waals surface area contributed by atoms with Gasteiger partial charge in [0.2, 0.25) is 0 Å². The van der Waals surface area contributed by atoms with E-state index in [-0.39, 0.29) is 12.5 Å². The summed E-state index contributed by atoms with van der Waals surface area (Å²) in [5, 5.41) is 5.27. The maximum Gasteiger partial charge on any atom is 0.412 e. The van der Waals surface area contributed by atoms with Gasteiger partial charge in [-0.15, -0.1) is 0 Å². The summed E-state index contributed by atoms with van der Waals surface area (Å²) in [6.45, 7) is 3.95. The molecule has 0 bridgehead atoms. The number of nitrogens with two attached hydrogens (primary N) is 1. The predicted molar refractivity (Wildman–Crippen MR) is 140 cm³/mol. The number of anilines is 1. The maximum atomic E-state index is 12.5. The summed E-state index contributed by atoms with van der Waals surface area (Å²) in [7, 11) is 6.53. The van der Waals surface area contributed by atoms with Gasteiger partial charge in [0.25, 0.3) is 0 Å². The Morgan fingerprint density at radius 3 is 2.43 bits per heavy atom. The third-order valence-corrected chi connectivity index (χ3v) is 5.83. The Kier molecular flexibility index (Phi) is 11.2. The first-order chi connectivity index (χ1) is 17.7. The van der Waals surface area contributed by atoms with Gasteiger partial charge in [0, 0.05) is 17.7 Å². The van der Waals surface area contributed by atoms with Crippen molar-refractivity contribution in [3.05, 3.63) is 65.9 Å². The van der Waals surface area contributed by atoms with Crippen molar-refractivity contribution in [2.24, 2.45) is 0 Å². The Labute approximate surface area is 218 Å². The lowest BCUT2D eigenvalue weighted by molar-refractivity contribution is -0.256. The minimum Gasteiger partial charge on any atom is -0.493 e. The molecule has 2 aromatic carbocycles. The number of hydrogen-bond donors (Lipinski definition) is 3. The van der Waals surface area contributed by atoms with Crippen LogP contribution in [0.25, 0.3) is 0 Å². The Hall–Kier alpha value is -3.76. The molecule has 202 valence electrons. The van der Waals surface area contributed by atoms with E-state index in [0.717, 1.165) is 11.1 Å². The highest BCUT2D eigenvalue weighted by Gasteiger charge is 2.45. The van der Waals surface area contributed by atoms with Crippen molar-refractivity contribution in [2.75, 3.05) is 34.0 Å². The minimum absolute atomic E-state index is 0.203. The zero-order chi connectivity index (χ0) is 27.4. The fourth-order valence-electron chi connectivity index (χ4n) is 4.13. The molecule has 2 aromatic rings. The van der Waals surface area contributed by atoms with Gasteiger partial charge in [-0.1, -0.05) is 37.3 Å². The molecule has 1 amide bonds. The van der Waals surface area contributed by atoms with E-state index in [1.807, 2.05) is 58.3 Å². The van der Waals surface area contributed by atoms with Gasteiger partial charge in [-0.3, -0.25) is 4.89 Å². The summed E-state index contributed by atoms with van der Waals surface area (Å²) >= 11 is 0. The second-order valence-electron chi connectivity index (χ2n) is 8.52. The summed E-state index contributed by atoms with van der Waals surface area (Å²) in [5.74, 6) is 0.415. The van der Waals surface area contributed by atoms with Crippen LogP contribution in [0.2, 0.25) is 0 Å². The molecule has 0 saturated carbocycles. The summed E-state index contributed by atoms with van der Waals surface area (Å²) in [4.78, 5) is 33.8. The van der Waals surface area contributed by atoms with Crippen molar-refractivity contribution in [2.45, 2.75) is 44.2 Å². The van der Waals surface area contributed by atoms with E-state index in [1.165, 1.54) is 13.4 Å². The SMILES string of the molecule is CCC1Oc2c(OC)ccc(N)c2C1(C)/C=C\OC(=O)NC(Cc1ccccc1)C(=O)OOC.CNC. The molecular formula is C27H37N3O7. The quantitative estimate of drug-likeness (QED) is 0.199. The topological polar surface area (TPSA) is 130 Å². The molecule has 1 aliphatic heterocycles. The standard InChI is InChI=1S/C25H30N2O7.C2H7N/c1-5-20-25(2,21-17(26)11-12-19(30-3)22(21)33-20)13-14-32-24(29)27-18(23(28)34-31-4)15-16-9-7-6-8-10-16;1-3-2/h6-14,18,20H,5,15,26H2,1-4H3,(H,27,29);3H,1-2H3/b14-13-;. The van der Waals surface area contributed by atoms with E-state index in [9.17, 15) is 9.59 Å². The number of alkyl carbamates (subject to hydrolysis) is 1. The Morgan fingerprint density at radius 1 is 1.16 bits per heavy atom. The van der Waals surface area contributed by atoms with E-state index < -0.39 is 23.5 Å². The van der Waals surface area contributed by atoms with E-state index in [4.69, 9.17) is 19.9 Å². The molecule has 0 radical (unpaired) electrons. The lowest BCUT2D eigenvalue weighted by Gasteiger charge is -2.26. The fraction of sp³-hybridized carbons (Fsp3) is 0.407. The number of carbonyl (C=O) groups excluding carboxylic acids is 2. The van der Waals surface area contributed by atoms with Gasteiger partial charge in [-0.25, -0.2) is 9.59 Å². The first-order valence-corrected chi connectivity index (χ1v) is 11.9. The molecule has 3 atom stereocenters. The lowest BCUT2D eigenvalue weighted by atomic mass is 9.77. The number of rotatable bonds is 9. The van der Waals surface area contributed by atoms with Crippen LogP contribution in [0.5, 0.6) is 11.5 Å². The summed E-state index contributed by atoms with van der Waals surface area (Å²) < 4.78 is 16.8. The van der Waals surface area contributed by atoms with Crippen LogP contribution in [-0.2, 0) is 31.1 Å². The maximum absolute atomic E-state index is 12.5. The number of fused-ring (bicyclic) bond motifs is 1. The number of ether oxygens (including phenoxy) is 3. The number of nitrogens with one attached hydrogen (secondary N) is 2. The van der Waals surface area contributed by atoms with Gasteiger partial charge in [0.05, 0.1) is 25.9 Å². The fourth-order valence-corrected chi connectivity index (χ4v) is 4.13. The number of nitrogen functional groups attached to an aromatic ring is 1. The Bertz CT molecular complexity index is 1060. The highest BCUT2D eigenvalue weighted by molar-refractivity contribution is 5.81. The van der Waals surface area contributed by atoms with Crippen molar-refractivity contribution in [1.82, 2.24) is 10.6 Å². The zero-order valence-corrected chi connectivity index (χ0v) is 22.2. The van der Waals surface area contributed by atoms with Crippen LogP contribution < -0.4 is 25.8 Å². The third kappa shape index (κ3) is 7.37. The molecule has 4 N–H and O–H groups in total.